The molecule has 3 aromatic rings. The minimum absolute atomic E-state index is 0.382. The summed E-state index contributed by atoms with van der Waals surface area (Å²) in [4.78, 5) is 29.3. The van der Waals surface area contributed by atoms with Crippen LogP contribution in [0.25, 0.3) is 10.2 Å². The first-order valence-electron chi connectivity index (χ1n) is 8.67. The van der Waals surface area contributed by atoms with E-state index in [2.05, 4.69) is 4.99 Å². The van der Waals surface area contributed by atoms with E-state index in [4.69, 9.17) is 21.1 Å². The number of rotatable bonds is 6. The zero-order valence-electron chi connectivity index (χ0n) is 15.5. The van der Waals surface area contributed by atoms with Gasteiger partial charge in [0.1, 0.15) is 0 Å². The summed E-state index contributed by atoms with van der Waals surface area (Å²) >= 11 is 7.31. The summed E-state index contributed by atoms with van der Waals surface area (Å²) in [5.41, 5.74) is 1.73. The van der Waals surface area contributed by atoms with Crippen LogP contribution in [0, 0.1) is 0 Å². The minimum atomic E-state index is -0.412. The van der Waals surface area contributed by atoms with Gasteiger partial charge >= 0.3 is 5.97 Å². The average Bonchev–Trinajstić information content (AvgIpc) is 3.03. The molecule has 28 heavy (non-hydrogen) atoms. The van der Waals surface area contributed by atoms with Gasteiger partial charge in [-0.2, -0.15) is 4.99 Å². The van der Waals surface area contributed by atoms with E-state index in [1.54, 1.807) is 36.4 Å². The van der Waals surface area contributed by atoms with Crippen molar-refractivity contribution in [2.75, 3.05) is 20.3 Å². The molecule has 3 rings (SSSR count). The SMILES string of the molecule is CCOCCn1c(=NC(=O)c2cccc(Cl)c2)sc2cc(C(=O)OC)ccc21. The molecule has 1 amide bonds. The number of amides is 1. The quantitative estimate of drug-likeness (QED) is 0.449. The zero-order valence-corrected chi connectivity index (χ0v) is 17.0. The number of methoxy groups -OCH3 is 1. The monoisotopic (exact) mass is 418 g/mol. The van der Waals surface area contributed by atoms with Crippen LogP contribution in [0.4, 0.5) is 0 Å². The Balaban J connectivity index is 2.09. The molecule has 146 valence electrons. The summed E-state index contributed by atoms with van der Waals surface area (Å²) in [6.45, 7) is 3.54. The van der Waals surface area contributed by atoms with Crippen molar-refractivity contribution in [3.05, 3.63) is 63.4 Å². The van der Waals surface area contributed by atoms with Crippen LogP contribution in [0.15, 0.2) is 47.5 Å². The van der Waals surface area contributed by atoms with E-state index in [-0.39, 0.29) is 5.91 Å². The number of carbonyl (C=O) groups is 2. The fourth-order valence-corrected chi connectivity index (χ4v) is 3.98. The first-order chi connectivity index (χ1) is 13.5. The molecule has 8 heteroatoms. The Morgan fingerprint density at radius 1 is 1.18 bits per heavy atom. The zero-order chi connectivity index (χ0) is 20.1. The van der Waals surface area contributed by atoms with Crippen LogP contribution in [-0.2, 0) is 16.0 Å². The van der Waals surface area contributed by atoms with Crippen molar-refractivity contribution in [2.24, 2.45) is 4.99 Å². The highest BCUT2D eigenvalue weighted by Crippen LogP contribution is 2.20. The molecule has 0 fully saturated rings. The second-order valence-electron chi connectivity index (χ2n) is 5.83. The molecule has 1 heterocycles. The van der Waals surface area contributed by atoms with E-state index in [9.17, 15) is 9.59 Å². The Hall–Kier alpha value is -2.48. The number of hydrogen-bond acceptors (Lipinski definition) is 5. The van der Waals surface area contributed by atoms with Gasteiger partial charge in [-0.15, -0.1) is 0 Å². The molecule has 0 saturated heterocycles. The smallest absolute Gasteiger partial charge is 0.337 e. The lowest BCUT2D eigenvalue weighted by Gasteiger charge is -2.06. The molecule has 0 spiro atoms. The summed E-state index contributed by atoms with van der Waals surface area (Å²) in [5.74, 6) is -0.794. The van der Waals surface area contributed by atoms with Crippen molar-refractivity contribution >= 4 is 45.0 Å². The first-order valence-corrected chi connectivity index (χ1v) is 9.87. The lowest BCUT2D eigenvalue weighted by Crippen LogP contribution is -2.19. The maximum Gasteiger partial charge on any atom is 0.337 e. The first kappa shape index (κ1) is 20.3. The van der Waals surface area contributed by atoms with Gasteiger partial charge in [0.25, 0.3) is 5.91 Å². The third kappa shape index (κ3) is 4.49. The predicted molar refractivity (Wildman–Crippen MR) is 109 cm³/mol. The second-order valence-corrected chi connectivity index (χ2v) is 7.28. The molecule has 6 nitrogen and oxygen atoms in total. The van der Waals surface area contributed by atoms with Crippen LogP contribution in [0.2, 0.25) is 5.02 Å². The number of benzene rings is 2. The Morgan fingerprint density at radius 2 is 2.00 bits per heavy atom. The normalized spacial score (nSPS) is 11.8. The maximum atomic E-state index is 12.6. The molecular formula is C20H19ClN2O4S. The van der Waals surface area contributed by atoms with Crippen molar-refractivity contribution in [2.45, 2.75) is 13.5 Å². The molecule has 0 bridgehead atoms. The fraction of sp³-hybridized carbons (Fsp3) is 0.250. The number of halogens is 1. The average molecular weight is 419 g/mol. The van der Waals surface area contributed by atoms with E-state index in [0.29, 0.717) is 40.7 Å². The number of ether oxygens (including phenoxy) is 2. The van der Waals surface area contributed by atoms with Crippen molar-refractivity contribution in [3.63, 3.8) is 0 Å². The van der Waals surface area contributed by atoms with Crippen LogP contribution >= 0.6 is 22.9 Å². The number of nitrogens with zero attached hydrogens (tertiary/aromatic N) is 2. The van der Waals surface area contributed by atoms with Crippen molar-refractivity contribution < 1.29 is 19.1 Å². The number of carbonyl (C=O) groups excluding carboxylic acids is 2. The third-order valence-electron chi connectivity index (χ3n) is 4.04. The number of thiazole rings is 1. The Labute approximate surface area is 171 Å². The highest BCUT2D eigenvalue weighted by atomic mass is 35.5. The van der Waals surface area contributed by atoms with Gasteiger partial charge < -0.3 is 14.0 Å². The molecule has 1 aromatic heterocycles. The Kier molecular flexibility index (Phi) is 6.61. The highest BCUT2D eigenvalue weighted by Gasteiger charge is 2.13. The van der Waals surface area contributed by atoms with Crippen molar-refractivity contribution in [3.8, 4) is 0 Å². The Morgan fingerprint density at radius 3 is 2.71 bits per heavy atom. The van der Waals surface area contributed by atoms with Crippen LogP contribution < -0.4 is 4.80 Å². The van der Waals surface area contributed by atoms with E-state index >= 15 is 0 Å². The van der Waals surface area contributed by atoms with E-state index < -0.39 is 5.97 Å². The van der Waals surface area contributed by atoms with Gasteiger partial charge in [0.15, 0.2) is 4.80 Å². The highest BCUT2D eigenvalue weighted by molar-refractivity contribution is 7.16. The molecule has 0 aliphatic rings. The molecule has 0 N–H and O–H groups in total. The fourth-order valence-electron chi connectivity index (χ4n) is 2.69. The van der Waals surface area contributed by atoms with Gasteiger partial charge in [-0.3, -0.25) is 4.79 Å². The third-order valence-corrected chi connectivity index (χ3v) is 5.31. The second kappa shape index (κ2) is 9.14. The van der Waals surface area contributed by atoms with E-state index in [1.807, 2.05) is 17.6 Å². The molecule has 0 aliphatic heterocycles. The topological polar surface area (TPSA) is 69.9 Å². The van der Waals surface area contributed by atoms with Crippen molar-refractivity contribution in [1.82, 2.24) is 4.57 Å². The maximum absolute atomic E-state index is 12.6. The van der Waals surface area contributed by atoms with Gasteiger partial charge in [0, 0.05) is 23.7 Å². The molecule has 0 aliphatic carbocycles. The number of fused-ring (bicyclic) bond motifs is 1. The molecular weight excluding hydrogens is 400 g/mol. The Bertz CT molecular complexity index is 1090. The van der Waals surface area contributed by atoms with Crippen LogP contribution in [0.5, 0.6) is 0 Å². The van der Waals surface area contributed by atoms with Gasteiger partial charge in [0.05, 0.1) is 29.5 Å². The summed E-state index contributed by atoms with van der Waals surface area (Å²) in [7, 11) is 1.34. The summed E-state index contributed by atoms with van der Waals surface area (Å²) < 4.78 is 13.0. The standard InChI is InChI=1S/C20H19ClN2O4S/c1-3-27-10-9-23-16-8-7-14(19(25)26-2)12-17(16)28-20(23)22-18(24)13-5-4-6-15(21)11-13/h4-8,11-12H,3,9-10H2,1-2H3. The van der Waals surface area contributed by atoms with Gasteiger partial charge in [-0.25, -0.2) is 4.79 Å². The van der Waals surface area contributed by atoms with Crippen LogP contribution in [0.1, 0.15) is 27.6 Å². The van der Waals surface area contributed by atoms with Gasteiger partial charge in [-0.05, 0) is 43.3 Å². The molecule has 2 aromatic carbocycles. The number of esters is 1. The summed E-state index contributed by atoms with van der Waals surface area (Å²) in [5, 5.41) is 0.476. The summed E-state index contributed by atoms with van der Waals surface area (Å²) in [6, 6.07) is 11.9. The molecule has 0 saturated carbocycles. The van der Waals surface area contributed by atoms with Crippen molar-refractivity contribution in [1.29, 1.82) is 0 Å². The van der Waals surface area contributed by atoms with Crippen LogP contribution in [0.3, 0.4) is 0 Å². The van der Waals surface area contributed by atoms with E-state index in [1.165, 1.54) is 18.4 Å². The summed E-state index contributed by atoms with van der Waals surface area (Å²) in [6.07, 6.45) is 0. The molecule has 0 radical (unpaired) electrons. The van der Waals surface area contributed by atoms with Gasteiger partial charge in [-0.1, -0.05) is 29.0 Å². The predicted octanol–water partition coefficient (Wildman–Crippen LogP) is 3.92. The number of hydrogen-bond donors (Lipinski definition) is 0. The number of aromatic nitrogens is 1. The van der Waals surface area contributed by atoms with Crippen LogP contribution in [-0.4, -0.2) is 36.8 Å². The van der Waals surface area contributed by atoms with Gasteiger partial charge in [0.2, 0.25) is 0 Å². The molecule has 0 atom stereocenters. The lowest BCUT2D eigenvalue weighted by atomic mass is 10.2. The lowest BCUT2D eigenvalue weighted by molar-refractivity contribution is 0.0600. The molecule has 0 unspecified atom stereocenters. The van der Waals surface area contributed by atoms with E-state index in [0.717, 1.165) is 10.2 Å². The minimum Gasteiger partial charge on any atom is -0.465 e. The largest absolute Gasteiger partial charge is 0.465 e.